The van der Waals surface area contributed by atoms with Crippen LogP contribution in [0.15, 0.2) is 84.3 Å². The van der Waals surface area contributed by atoms with E-state index >= 15 is 0 Å². The molecule has 5 rings (SSSR count). The molecule has 2 aliphatic heterocycles. The van der Waals surface area contributed by atoms with Gasteiger partial charge in [-0.1, -0.05) is 42.5 Å². The molecule has 2 aliphatic rings. The maximum absolute atomic E-state index is 13.9. The number of allylic oxidation sites excluding steroid dienone is 1. The van der Waals surface area contributed by atoms with Crippen LogP contribution in [0.5, 0.6) is 5.75 Å². The van der Waals surface area contributed by atoms with Gasteiger partial charge in [-0.15, -0.1) is 0 Å². The van der Waals surface area contributed by atoms with Gasteiger partial charge in [0.25, 0.3) is 0 Å². The van der Waals surface area contributed by atoms with Gasteiger partial charge in [0.1, 0.15) is 30.1 Å². The van der Waals surface area contributed by atoms with Crippen molar-refractivity contribution in [3.63, 3.8) is 0 Å². The lowest BCUT2D eigenvalue weighted by atomic mass is 9.74. The number of hydrogen-bond acceptors (Lipinski definition) is 6. The number of hydrazine groups is 1. The van der Waals surface area contributed by atoms with Gasteiger partial charge in [0.2, 0.25) is 5.88 Å². The number of halogens is 2. The summed E-state index contributed by atoms with van der Waals surface area (Å²) in [6.45, 7) is 0.102. The van der Waals surface area contributed by atoms with Crippen LogP contribution in [-0.2, 0) is 11.3 Å². The molecule has 0 spiro atoms. The molecule has 172 valence electrons. The van der Waals surface area contributed by atoms with Gasteiger partial charge in [0.15, 0.2) is 6.23 Å². The van der Waals surface area contributed by atoms with Crippen molar-refractivity contribution >= 4 is 0 Å². The molecule has 4 atom stereocenters. The molecule has 0 saturated carbocycles. The summed E-state index contributed by atoms with van der Waals surface area (Å²) in [5.41, 5.74) is 14.9. The number of nitrogens with zero attached hydrogens (tertiary/aromatic N) is 1. The topological polar surface area (TPSA) is 92.3 Å². The zero-order valence-electron chi connectivity index (χ0n) is 18.0. The molecule has 3 aromatic carbocycles. The molecule has 0 bridgehead atoms. The van der Waals surface area contributed by atoms with Crippen molar-refractivity contribution in [2.75, 3.05) is 0 Å². The van der Waals surface area contributed by atoms with E-state index in [2.05, 4.69) is 16.9 Å². The number of nitriles is 1. The van der Waals surface area contributed by atoms with Gasteiger partial charge in [0, 0.05) is 17.4 Å². The molecule has 3 aromatic rings. The Bertz CT molecular complexity index is 1260. The first-order valence-corrected chi connectivity index (χ1v) is 10.8. The average Bonchev–Trinajstić information content (AvgIpc) is 3.27. The minimum absolute atomic E-state index is 0.0719. The number of rotatable bonds is 5. The lowest BCUT2D eigenvalue weighted by molar-refractivity contribution is 0.0340. The van der Waals surface area contributed by atoms with E-state index in [1.165, 1.54) is 18.2 Å². The molecule has 4 unspecified atom stereocenters. The van der Waals surface area contributed by atoms with Crippen molar-refractivity contribution in [2.45, 2.75) is 24.8 Å². The minimum Gasteiger partial charge on any atom is -0.489 e. The number of nitrogens with one attached hydrogen (secondary N) is 2. The molecule has 2 heterocycles. The normalized spacial score (nSPS) is 23.7. The highest BCUT2D eigenvalue weighted by atomic mass is 19.1. The van der Waals surface area contributed by atoms with Crippen LogP contribution in [-0.4, -0.2) is 6.23 Å². The first-order chi connectivity index (χ1) is 16.5. The molecule has 6 nitrogen and oxygen atoms in total. The SMILES string of the molecule is N#CC1=C(N)OC2NNC(c3ccc(F)cc3)C2C1c1ccc(OCc2ccccc2F)cc1. The molecule has 0 aromatic heterocycles. The van der Waals surface area contributed by atoms with Crippen LogP contribution in [0, 0.1) is 28.9 Å². The third-order valence-corrected chi connectivity index (χ3v) is 6.27. The van der Waals surface area contributed by atoms with E-state index in [1.54, 1.807) is 42.5 Å². The van der Waals surface area contributed by atoms with Gasteiger partial charge in [-0.2, -0.15) is 5.26 Å². The molecule has 4 N–H and O–H groups in total. The summed E-state index contributed by atoms with van der Waals surface area (Å²) in [5, 5.41) is 9.88. The van der Waals surface area contributed by atoms with E-state index < -0.39 is 6.23 Å². The van der Waals surface area contributed by atoms with Crippen LogP contribution >= 0.6 is 0 Å². The lowest BCUT2D eigenvalue weighted by Crippen LogP contribution is -2.40. The Morgan fingerprint density at radius 2 is 1.65 bits per heavy atom. The van der Waals surface area contributed by atoms with Crippen LogP contribution in [0.2, 0.25) is 0 Å². The summed E-state index contributed by atoms with van der Waals surface area (Å²) in [7, 11) is 0. The van der Waals surface area contributed by atoms with Crippen LogP contribution in [0.4, 0.5) is 8.78 Å². The molecule has 0 aliphatic carbocycles. The van der Waals surface area contributed by atoms with Crippen molar-refractivity contribution < 1.29 is 18.3 Å². The Balaban J connectivity index is 1.43. The summed E-state index contributed by atoms with van der Waals surface area (Å²) in [6.07, 6.45) is -0.478. The molecule has 8 heteroatoms. The molecule has 1 fully saturated rings. The number of ether oxygens (including phenoxy) is 2. The third-order valence-electron chi connectivity index (χ3n) is 6.27. The first-order valence-electron chi connectivity index (χ1n) is 10.8. The average molecular weight is 460 g/mol. The van der Waals surface area contributed by atoms with Crippen molar-refractivity contribution in [1.82, 2.24) is 10.9 Å². The fraction of sp³-hybridized carbons (Fsp3) is 0.192. The van der Waals surface area contributed by atoms with Crippen LogP contribution in [0.25, 0.3) is 0 Å². The van der Waals surface area contributed by atoms with Gasteiger partial charge >= 0.3 is 0 Å². The number of nitrogens with two attached hydrogens (primary N) is 1. The van der Waals surface area contributed by atoms with E-state index in [9.17, 15) is 14.0 Å². The van der Waals surface area contributed by atoms with Crippen molar-refractivity contribution in [3.05, 3.63) is 113 Å². The van der Waals surface area contributed by atoms with E-state index in [4.69, 9.17) is 15.2 Å². The van der Waals surface area contributed by atoms with Crippen LogP contribution in [0.3, 0.4) is 0 Å². The third kappa shape index (κ3) is 4.07. The molecule has 0 radical (unpaired) electrons. The van der Waals surface area contributed by atoms with Gasteiger partial charge in [0.05, 0.1) is 11.6 Å². The second kappa shape index (κ2) is 9.14. The predicted molar refractivity (Wildman–Crippen MR) is 121 cm³/mol. The molecule has 0 amide bonds. The zero-order valence-corrected chi connectivity index (χ0v) is 18.0. The Morgan fingerprint density at radius 3 is 2.35 bits per heavy atom. The van der Waals surface area contributed by atoms with Crippen molar-refractivity contribution in [3.8, 4) is 11.8 Å². The largest absolute Gasteiger partial charge is 0.489 e. The Labute approximate surface area is 195 Å². The second-order valence-electron chi connectivity index (χ2n) is 8.25. The Hall–Kier alpha value is -3.93. The van der Waals surface area contributed by atoms with E-state index in [1.807, 2.05) is 12.1 Å². The summed E-state index contributed by atoms with van der Waals surface area (Å²) >= 11 is 0. The van der Waals surface area contributed by atoms with Gasteiger partial charge in [-0.25, -0.2) is 19.6 Å². The number of benzene rings is 3. The maximum atomic E-state index is 13.9. The first kappa shape index (κ1) is 21.9. The standard InChI is InChI=1S/C26H22F2N4O2/c27-18-9-5-16(6-10-18)24-23-22(20(13-29)25(30)34-26(23)32-31-24)15-7-11-19(12-8-15)33-14-17-3-1-2-4-21(17)28/h1-12,22-24,26,31-32H,14,30H2. The number of hydrogen-bond donors (Lipinski definition) is 3. The van der Waals surface area contributed by atoms with Gasteiger partial charge < -0.3 is 15.2 Å². The molecular formula is C26H22F2N4O2. The van der Waals surface area contributed by atoms with Crippen LogP contribution in [0.1, 0.15) is 28.7 Å². The van der Waals surface area contributed by atoms with Crippen molar-refractivity contribution in [2.24, 2.45) is 11.7 Å². The van der Waals surface area contributed by atoms with E-state index in [-0.39, 0.29) is 42.0 Å². The van der Waals surface area contributed by atoms with E-state index in [0.29, 0.717) is 16.9 Å². The van der Waals surface area contributed by atoms with Crippen LogP contribution < -0.4 is 21.3 Å². The highest BCUT2D eigenvalue weighted by Gasteiger charge is 2.49. The Morgan fingerprint density at radius 1 is 0.941 bits per heavy atom. The fourth-order valence-corrected chi connectivity index (χ4v) is 4.60. The minimum atomic E-state index is -0.478. The van der Waals surface area contributed by atoms with Gasteiger partial charge in [-0.3, -0.25) is 0 Å². The Kier molecular flexibility index (Phi) is 5.88. The summed E-state index contributed by atoms with van der Waals surface area (Å²) in [6, 6.07) is 22.0. The highest BCUT2D eigenvalue weighted by molar-refractivity contribution is 5.44. The summed E-state index contributed by atoms with van der Waals surface area (Å²) in [5.74, 6) is -0.596. The molecular weight excluding hydrogens is 438 g/mol. The monoisotopic (exact) mass is 460 g/mol. The second-order valence-corrected chi connectivity index (χ2v) is 8.25. The summed E-state index contributed by atoms with van der Waals surface area (Å²) in [4.78, 5) is 0. The lowest BCUT2D eigenvalue weighted by Gasteiger charge is -2.36. The van der Waals surface area contributed by atoms with Crippen molar-refractivity contribution in [1.29, 1.82) is 5.26 Å². The predicted octanol–water partition coefficient (Wildman–Crippen LogP) is 4.14. The highest BCUT2D eigenvalue weighted by Crippen LogP contribution is 2.47. The molecule has 1 saturated heterocycles. The van der Waals surface area contributed by atoms with E-state index in [0.717, 1.165) is 11.1 Å². The fourth-order valence-electron chi connectivity index (χ4n) is 4.60. The number of fused-ring (bicyclic) bond motifs is 1. The van der Waals surface area contributed by atoms with Gasteiger partial charge in [-0.05, 0) is 41.5 Å². The quantitative estimate of drug-likeness (QED) is 0.530. The zero-order chi connectivity index (χ0) is 23.7. The molecule has 34 heavy (non-hydrogen) atoms. The maximum Gasteiger partial charge on any atom is 0.200 e. The summed E-state index contributed by atoms with van der Waals surface area (Å²) < 4.78 is 38.9. The smallest absolute Gasteiger partial charge is 0.200 e.